The fraction of sp³-hybridized carbons (Fsp3) is 0.440. The minimum atomic E-state index is -0.543. The molecular formula is C25H28ClNO4. The number of carbonyl (C=O) groups excluding carboxylic acids is 1. The number of benzene rings is 1. The maximum atomic E-state index is 12.6. The molecule has 2 aromatic rings. The van der Waals surface area contributed by atoms with E-state index in [9.17, 15) is 4.79 Å². The van der Waals surface area contributed by atoms with Crippen LogP contribution in [0.15, 0.2) is 54.6 Å². The van der Waals surface area contributed by atoms with Gasteiger partial charge in [-0.3, -0.25) is 4.98 Å². The number of hydrogen-bond donors (Lipinski definition) is 0. The monoisotopic (exact) mass is 441 g/mol. The van der Waals surface area contributed by atoms with Crippen LogP contribution in [0, 0.1) is 5.92 Å². The number of hydrogen-bond acceptors (Lipinski definition) is 5. The number of aryl methyl sites for hydroxylation is 1. The van der Waals surface area contributed by atoms with Crippen LogP contribution < -0.4 is 4.74 Å². The summed E-state index contributed by atoms with van der Waals surface area (Å²) in [6.45, 7) is 0.391. The summed E-state index contributed by atoms with van der Waals surface area (Å²) in [6.07, 6.45) is 11.6. The maximum absolute atomic E-state index is 12.6. The fourth-order valence-corrected chi connectivity index (χ4v) is 5.02. The molecule has 0 N–H and O–H groups in total. The van der Waals surface area contributed by atoms with Gasteiger partial charge in [-0.25, -0.2) is 4.79 Å². The molecule has 2 aliphatic rings. The number of nitrogens with zero attached hydrogens (tertiary/aromatic N) is 1. The quantitative estimate of drug-likeness (QED) is 0.495. The van der Waals surface area contributed by atoms with Crippen molar-refractivity contribution >= 4 is 17.6 Å². The molecule has 1 aliphatic heterocycles. The largest absolute Gasteiger partial charge is 0.495 e. The van der Waals surface area contributed by atoms with Gasteiger partial charge in [0, 0.05) is 24.4 Å². The Bertz CT molecular complexity index is 940. The molecule has 1 atom stereocenters. The van der Waals surface area contributed by atoms with Gasteiger partial charge in [0.25, 0.3) is 0 Å². The second-order valence-corrected chi connectivity index (χ2v) is 8.78. The fourth-order valence-electron chi connectivity index (χ4n) is 4.74. The second kappa shape index (κ2) is 9.73. The number of ether oxygens (including phenoxy) is 3. The van der Waals surface area contributed by atoms with Crippen molar-refractivity contribution in [1.82, 2.24) is 4.98 Å². The highest BCUT2D eigenvalue weighted by molar-refractivity contribution is 6.32. The average molecular weight is 442 g/mol. The number of rotatable bonds is 8. The van der Waals surface area contributed by atoms with E-state index in [-0.39, 0.29) is 5.97 Å². The van der Waals surface area contributed by atoms with Crippen LogP contribution in [-0.4, -0.2) is 23.7 Å². The molecule has 1 aliphatic carbocycles. The van der Waals surface area contributed by atoms with Gasteiger partial charge < -0.3 is 14.2 Å². The summed E-state index contributed by atoms with van der Waals surface area (Å²) >= 11 is 6.31. The summed E-state index contributed by atoms with van der Waals surface area (Å²) < 4.78 is 17.4. The zero-order chi connectivity index (χ0) is 21.7. The molecule has 1 aromatic carbocycles. The minimum absolute atomic E-state index is 0.313. The first-order valence-corrected chi connectivity index (χ1v) is 11.2. The first kappa shape index (κ1) is 21.7. The van der Waals surface area contributed by atoms with Crippen LogP contribution in [0.25, 0.3) is 0 Å². The molecule has 6 heteroatoms. The Morgan fingerprint density at radius 2 is 2.06 bits per heavy atom. The molecule has 5 nitrogen and oxygen atoms in total. The van der Waals surface area contributed by atoms with E-state index < -0.39 is 5.60 Å². The van der Waals surface area contributed by atoms with Gasteiger partial charge in [0.2, 0.25) is 0 Å². The number of esters is 1. The molecule has 31 heavy (non-hydrogen) atoms. The molecule has 0 radical (unpaired) electrons. The van der Waals surface area contributed by atoms with Crippen molar-refractivity contribution in [2.24, 2.45) is 5.92 Å². The van der Waals surface area contributed by atoms with E-state index in [1.165, 1.54) is 18.9 Å². The Morgan fingerprint density at radius 3 is 2.77 bits per heavy atom. The Kier molecular flexibility index (Phi) is 6.81. The van der Waals surface area contributed by atoms with E-state index in [4.69, 9.17) is 25.8 Å². The highest BCUT2D eigenvalue weighted by Crippen LogP contribution is 2.45. The lowest BCUT2D eigenvalue weighted by molar-refractivity contribution is -0.166. The minimum Gasteiger partial charge on any atom is -0.495 e. The van der Waals surface area contributed by atoms with Crippen LogP contribution in [0.2, 0.25) is 5.02 Å². The lowest BCUT2D eigenvalue weighted by Crippen LogP contribution is -2.45. The smallest absolute Gasteiger partial charge is 0.334 e. The lowest BCUT2D eigenvalue weighted by atomic mass is 9.77. The number of carbonyl (C=O) groups is 1. The molecule has 164 valence electrons. The summed E-state index contributed by atoms with van der Waals surface area (Å²) in [5.41, 5.74) is 1.53. The number of halogens is 1. The predicted molar refractivity (Wildman–Crippen MR) is 119 cm³/mol. The standard InChI is InChI=1S/C25H28ClNO4/c1-29-23-9-8-18(13-22(23)26)10-11-25(20-6-2-3-7-20)15-21(14-24(28)31-25)30-17-19-5-4-12-27-16-19/h4-5,8-9,12-14,16,20H,2-3,6-7,10-11,15,17H2,1H3. The van der Waals surface area contributed by atoms with Crippen LogP contribution in [0.1, 0.15) is 49.7 Å². The van der Waals surface area contributed by atoms with E-state index in [1.807, 2.05) is 30.3 Å². The van der Waals surface area contributed by atoms with Crippen LogP contribution >= 0.6 is 11.6 Å². The number of methoxy groups -OCH3 is 1. The van der Waals surface area contributed by atoms with Crippen LogP contribution in [0.5, 0.6) is 5.75 Å². The molecule has 4 rings (SSSR count). The zero-order valence-corrected chi connectivity index (χ0v) is 18.6. The van der Waals surface area contributed by atoms with Gasteiger partial charge in [-0.15, -0.1) is 0 Å². The molecule has 1 unspecified atom stereocenters. The maximum Gasteiger partial charge on any atom is 0.334 e. The van der Waals surface area contributed by atoms with Crippen LogP contribution in [0.3, 0.4) is 0 Å². The molecule has 1 saturated carbocycles. The van der Waals surface area contributed by atoms with E-state index in [1.54, 1.807) is 19.5 Å². The normalized spacial score (nSPS) is 21.5. The lowest BCUT2D eigenvalue weighted by Gasteiger charge is -2.41. The molecule has 0 amide bonds. The first-order chi connectivity index (χ1) is 15.1. The number of aromatic nitrogens is 1. The van der Waals surface area contributed by atoms with Gasteiger partial charge in [0.1, 0.15) is 23.7 Å². The summed E-state index contributed by atoms with van der Waals surface area (Å²) in [4.78, 5) is 16.7. The summed E-state index contributed by atoms with van der Waals surface area (Å²) in [5, 5.41) is 0.593. The topological polar surface area (TPSA) is 57.7 Å². The van der Waals surface area contributed by atoms with Gasteiger partial charge in [-0.05, 0) is 55.4 Å². The van der Waals surface area contributed by atoms with Crippen LogP contribution in [0.4, 0.5) is 0 Å². The molecule has 1 aromatic heterocycles. The molecule has 0 bridgehead atoms. The highest BCUT2D eigenvalue weighted by Gasteiger charge is 2.46. The van der Waals surface area contributed by atoms with E-state index >= 15 is 0 Å². The molecule has 0 saturated heterocycles. The second-order valence-electron chi connectivity index (χ2n) is 8.37. The van der Waals surface area contributed by atoms with Crippen molar-refractivity contribution in [2.75, 3.05) is 7.11 Å². The van der Waals surface area contributed by atoms with Gasteiger partial charge >= 0.3 is 5.97 Å². The molecule has 2 heterocycles. The van der Waals surface area contributed by atoms with Gasteiger partial charge in [0.05, 0.1) is 18.2 Å². The molecule has 1 fully saturated rings. The summed E-state index contributed by atoms with van der Waals surface area (Å²) in [6, 6.07) is 9.68. The zero-order valence-electron chi connectivity index (χ0n) is 17.8. The van der Waals surface area contributed by atoms with E-state index in [0.717, 1.165) is 36.8 Å². The van der Waals surface area contributed by atoms with Crippen molar-refractivity contribution < 1.29 is 19.0 Å². The number of cyclic esters (lactones) is 1. The Hall–Kier alpha value is -2.53. The van der Waals surface area contributed by atoms with Gasteiger partial charge in [-0.1, -0.05) is 36.6 Å². The third-order valence-corrected chi connectivity index (χ3v) is 6.65. The van der Waals surface area contributed by atoms with Crippen molar-refractivity contribution in [3.63, 3.8) is 0 Å². The van der Waals surface area contributed by atoms with Crippen molar-refractivity contribution in [2.45, 2.75) is 57.2 Å². The van der Waals surface area contributed by atoms with Gasteiger partial charge in [0.15, 0.2) is 0 Å². The number of pyridine rings is 1. The van der Waals surface area contributed by atoms with Gasteiger partial charge in [-0.2, -0.15) is 0 Å². The highest BCUT2D eigenvalue weighted by atomic mass is 35.5. The van der Waals surface area contributed by atoms with E-state index in [2.05, 4.69) is 4.98 Å². The Balaban J connectivity index is 1.50. The Morgan fingerprint density at radius 1 is 1.23 bits per heavy atom. The van der Waals surface area contributed by atoms with Crippen LogP contribution in [-0.2, 0) is 27.3 Å². The van der Waals surface area contributed by atoms with Crippen molar-refractivity contribution in [1.29, 1.82) is 0 Å². The Labute approximate surface area is 188 Å². The van der Waals surface area contributed by atoms with E-state index in [0.29, 0.717) is 35.5 Å². The molecular weight excluding hydrogens is 414 g/mol. The third-order valence-electron chi connectivity index (χ3n) is 6.36. The molecule has 0 spiro atoms. The summed E-state index contributed by atoms with van der Waals surface area (Å²) in [7, 11) is 1.61. The summed E-state index contributed by atoms with van der Waals surface area (Å²) in [5.74, 6) is 1.39. The average Bonchev–Trinajstić information content (AvgIpc) is 3.33. The van der Waals surface area contributed by atoms with Crippen molar-refractivity contribution in [3.8, 4) is 5.75 Å². The first-order valence-electron chi connectivity index (χ1n) is 10.9. The predicted octanol–water partition coefficient (Wildman–Crippen LogP) is 5.65. The SMILES string of the molecule is COc1ccc(CCC2(C3CCCC3)CC(OCc3cccnc3)=CC(=O)O2)cc1Cl. The third kappa shape index (κ3) is 5.21. The van der Waals surface area contributed by atoms with Crippen molar-refractivity contribution in [3.05, 3.63) is 70.7 Å².